The highest BCUT2D eigenvalue weighted by molar-refractivity contribution is 5.82. The van der Waals surface area contributed by atoms with Gasteiger partial charge in [0.05, 0.1) is 6.10 Å². The van der Waals surface area contributed by atoms with E-state index in [1.165, 1.54) is 24.8 Å². The van der Waals surface area contributed by atoms with Crippen LogP contribution in [-0.2, 0) is 4.79 Å². The molecule has 0 radical (unpaired) electrons. The molecule has 1 amide bonds. The molecule has 2 saturated carbocycles. The molecule has 0 aliphatic heterocycles. The molecule has 3 rings (SSSR count). The predicted molar refractivity (Wildman–Crippen MR) is 82.8 cm³/mol. The number of nitrogens with one attached hydrogen (secondary N) is 1. The highest BCUT2D eigenvalue weighted by Crippen LogP contribution is 2.57. The van der Waals surface area contributed by atoms with Crippen LogP contribution in [0.2, 0.25) is 0 Å². The number of hydrogen-bond acceptors (Lipinski definition) is 2. The van der Waals surface area contributed by atoms with Crippen LogP contribution in [0, 0.1) is 17.8 Å². The summed E-state index contributed by atoms with van der Waals surface area (Å²) in [6, 6.07) is 10.2. The molecule has 4 atom stereocenters. The van der Waals surface area contributed by atoms with Crippen molar-refractivity contribution in [2.24, 2.45) is 17.8 Å². The van der Waals surface area contributed by atoms with Crippen LogP contribution >= 0.6 is 0 Å². The van der Waals surface area contributed by atoms with E-state index in [1.54, 1.807) is 0 Å². The van der Waals surface area contributed by atoms with E-state index in [1.807, 2.05) is 25.1 Å². The topological polar surface area (TPSA) is 49.3 Å². The van der Waals surface area contributed by atoms with Crippen LogP contribution in [0.25, 0.3) is 0 Å². The third-order valence-electron chi connectivity index (χ3n) is 5.13. The number of aliphatic hydroxyl groups excluding tert-OH is 1. The zero-order valence-electron chi connectivity index (χ0n) is 12.7. The molecule has 2 aliphatic rings. The molecule has 4 unspecified atom stereocenters. The minimum atomic E-state index is -0.354. The number of fused-ring (bicyclic) bond motifs is 1. The molecule has 21 heavy (non-hydrogen) atoms. The average molecular weight is 287 g/mol. The molecule has 3 nitrogen and oxygen atoms in total. The Morgan fingerprint density at radius 2 is 1.95 bits per heavy atom. The van der Waals surface area contributed by atoms with Gasteiger partial charge in [0.1, 0.15) is 0 Å². The molecule has 0 heterocycles. The second-order valence-corrected chi connectivity index (χ2v) is 6.72. The van der Waals surface area contributed by atoms with E-state index in [9.17, 15) is 9.90 Å². The zero-order valence-corrected chi connectivity index (χ0v) is 12.7. The van der Waals surface area contributed by atoms with E-state index in [2.05, 4.69) is 17.4 Å². The maximum absolute atomic E-state index is 12.3. The summed E-state index contributed by atoms with van der Waals surface area (Å²) in [4.78, 5) is 12.3. The van der Waals surface area contributed by atoms with Gasteiger partial charge in [-0.15, -0.1) is 0 Å². The van der Waals surface area contributed by atoms with Gasteiger partial charge in [0.25, 0.3) is 0 Å². The van der Waals surface area contributed by atoms with E-state index >= 15 is 0 Å². The van der Waals surface area contributed by atoms with Crippen molar-refractivity contribution in [3.05, 3.63) is 35.9 Å². The van der Waals surface area contributed by atoms with Gasteiger partial charge in [0.2, 0.25) is 5.91 Å². The fourth-order valence-electron chi connectivity index (χ4n) is 4.03. The van der Waals surface area contributed by atoms with E-state index in [4.69, 9.17) is 0 Å². The molecule has 2 aliphatic carbocycles. The van der Waals surface area contributed by atoms with E-state index < -0.39 is 0 Å². The van der Waals surface area contributed by atoms with Crippen molar-refractivity contribution < 1.29 is 9.90 Å². The Kier molecular flexibility index (Phi) is 4.29. The number of amides is 1. The molecule has 0 aromatic heterocycles. The molecular formula is C18H25NO2. The predicted octanol–water partition coefficient (Wildman–Crippen LogP) is 2.70. The van der Waals surface area contributed by atoms with E-state index in [0.717, 1.165) is 0 Å². The van der Waals surface area contributed by atoms with E-state index in [0.29, 0.717) is 24.8 Å². The van der Waals surface area contributed by atoms with Crippen molar-refractivity contribution in [1.82, 2.24) is 5.32 Å². The smallest absolute Gasteiger partial charge is 0.223 e. The fraction of sp³-hybridized carbons (Fsp3) is 0.611. The molecule has 1 aromatic carbocycles. The maximum Gasteiger partial charge on any atom is 0.223 e. The molecule has 2 fully saturated rings. The highest BCUT2D eigenvalue weighted by atomic mass is 16.3. The minimum absolute atomic E-state index is 0.189. The Bertz CT molecular complexity index is 475. The Balaban J connectivity index is 1.56. The van der Waals surface area contributed by atoms with Crippen LogP contribution in [0.1, 0.15) is 44.1 Å². The SMILES string of the molecule is CC(O)CC(CNC(=O)C1C2CCCC21)c1ccccc1. The van der Waals surface area contributed by atoms with Gasteiger partial charge in [-0.05, 0) is 43.6 Å². The summed E-state index contributed by atoms with van der Waals surface area (Å²) in [6.45, 7) is 2.44. The number of rotatable bonds is 6. The number of carbonyl (C=O) groups excluding carboxylic acids is 1. The summed E-state index contributed by atoms with van der Waals surface area (Å²) in [7, 11) is 0. The normalized spacial score (nSPS) is 29.5. The first-order valence-electron chi connectivity index (χ1n) is 8.17. The summed E-state index contributed by atoms with van der Waals surface area (Å²) in [5.41, 5.74) is 1.19. The first-order chi connectivity index (χ1) is 10.2. The van der Waals surface area contributed by atoms with Crippen LogP contribution < -0.4 is 5.32 Å². The lowest BCUT2D eigenvalue weighted by Gasteiger charge is -2.20. The van der Waals surface area contributed by atoms with Crippen LogP contribution in [0.4, 0.5) is 0 Å². The van der Waals surface area contributed by atoms with Gasteiger partial charge in [0.15, 0.2) is 0 Å². The summed E-state index contributed by atoms with van der Waals surface area (Å²) in [5, 5.41) is 12.8. The third kappa shape index (κ3) is 3.29. The summed E-state index contributed by atoms with van der Waals surface area (Å²) < 4.78 is 0. The molecule has 2 N–H and O–H groups in total. The van der Waals surface area contributed by atoms with Crippen LogP contribution in [0.15, 0.2) is 30.3 Å². The molecule has 3 heteroatoms. The lowest BCUT2D eigenvalue weighted by atomic mass is 9.93. The van der Waals surface area contributed by atoms with Gasteiger partial charge in [-0.2, -0.15) is 0 Å². The lowest BCUT2D eigenvalue weighted by Crippen LogP contribution is -2.31. The van der Waals surface area contributed by atoms with E-state index in [-0.39, 0.29) is 23.8 Å². The average Bonchev–Trinajstić information content (AvgIpc) is 2.96. The molecule has 1 aromatic rings. The highest BCUT2D eigenvalue weighted by Gasteiger charge is 2.56. The van der Waals surface area contributed by atoms with Gasteiger partial charge < -0.3 is 10.4 Å². The van der Waals surface area contributed by atoms with Crippen LogP contribution in [0.3, 0.4) is 0 Å². The number of carbonyl (C=O) groups is 1. The first-order valence-corrected chi connectivity index (χ1v) is 8.17. The second-order valence-electron chi connectivity index (χ2n) is 6.72. The Labute approximate surface area is 126 Å². The molecule has 0 bridgehead atoms. The molecule has 114 valence electrons. The minimum Gasteiger partial charge on any atom is -0.393 e. The number of aliphatic hydroxyl groups is 1. The summed E-state index contributed by atoms with van der Waals surface area (Å²) >= 11 is 0. The number of benzene rings is 1. The lowest BCUT2D eigenvalue weighted by molar-refractivity contribution is -0.123. The van der Waals surface area contributed by atoms with Crippen molar-refractivity contribution in [1.29, 1.82) is 0 Å². The van der Waals surface area contributed by atoms with Gasteiger partial charge in [-0.1, -0.05) is 36.8 Å². The van der Waals surface area contributed by atoms with Crippen molar-refractivity contribution in [3.8, 4) is 0 Å². The van der Waals surface area contributed by atoms with Gasteiger partial charge in [-0.3, -0.25) is 4.79 Å². The van der Waals surface area contributed by atoms with Crippen LogP contribution in [0.5, 0.6) is 0 Å². The molecular weight excluding hydrogens is 262 g/mol. The Morgan fingerprint density at radius 3 is 2.57 bits per heavy atom. The Hall–Kier alpha value is -1.35. The quantitative estimate of drug-likeness (QED) is 0.845. The zero-order chi connectivity index (χ0) is 14.8. The summed E-state index contributed by atoms with van der Waals surface area (Å²) in [5.74, 6) is 2.03. The standard InChI is InChI=1S/C18H25NO2/c1-12(20)10-14(13-6-3-2-4-7-13)11-19-18(21)17-15-8-5-9-16(15)17/h2-4,6-7,12,14-17,20H,5,8-11H2,1H3,(H,19,21). The summed E-state index contributed by atoms with van der Waals surface area (Å²) in [6.07, 6.45) is 4.10. The maximum atomic E-state index is 12.3. The van der Waals surface area contributed by atoms with Crippen molar-refractivity contribution >= 4 is 5.91 Å². The largest absolute Gasteiger partial charge is 0.393 e. The van der Waals surface area contributed by atoms with Crippen molar-refractivity contribution in [3.63, 3.8) is 0 Å². The fourth-order valence-corrected chi connectivity index (χ4v) is 4.03. The number of hydrogen-bond donors (Lipinski definition) is 2. The van der Waals surface area contributed by atoms with Crippen LogP contribution in [-0.4, -0.2) is 23.7 Å². The van der Waals surface area contributed by atoms with Crippen molar-refractivity contribution in [2.45, 2.75) is 44.6 Å². The van der Waals surface area contributed by atoms with Gasteiger partial charge >= 0.3 is 0 Å². The third-order valence-corrected chi connectivity index (χ3v) is 5.13. The monoisotopic (exact) mass is 287 g/mol. The van der Waals surface area contributed by atoms with Gasteiger partial charge in [0, 0.05) is 18.4 Å². The second kappa shape index (κ2) is 6.18. The molecule has 0 saturated heterocycles. The first kappa shape index (κ1) is 14.6. The molecule has 0 spiro atoms. The van der Waals surface area contributed by atoms with Crippen molar-refractivity contribution in [2.75, 3.05) is 6.54 Å². The Morgan fingerprint density at radius 1 is 1.29 bits per heavy atom. The van der Waals surface area contributed by atoms with Gasteiger partial charge in [-0.25, -0.2) is 0 Å².